The van der Waals surface area contributed by atoms with E-state index in [1.165, 1.54) is 25.3 Å². The van der Waals surface area contributed by atoms with Gasteiger partial charge in [-0.15, -0.1) is 0 Å². The zero-order valence-electron chi connectivity index (χ0n) is 19.2. The summed E-state index contributed by atoms with van der Waals surface area (Å²) >= 11 is 8.71. The average Bonchev–Trinajstić information content (AvgIpc) is 3.34. The largest absolute Gasteiger partial charge is 0.493 e. The monoisotopic (exact) mass is 632 g/mol. The molecule has 1 fully saturated rings. The summed E-state index contributed by atoms with van der Waals surface area (Å²) in [5.74, 6) is -0.119. The molecule has 0 aromatic heterocycles. The Labute approximate surface area is 230 Å². The van der Waals surface area contributed by atoms with Crippen molar-refractivity contribution in [2.45, 2.75) is 6.61 Å². The van der Waals surface area contributed by atoms with Crippen LogP contribution in [0.15, 0.2) is 60.2 Å². The van der Waals surface area contributed by atoms with Gasteiger partial charge in [-0.25, -0.2) is 9.69 Å². The number of imide groups is 2. The molecule has 0 spiro atoms. The van der Waals surface area contributed by atoms with Gasteiger partial charge in [0, 0.05) is 9.64 Å². The van der Waals surface area contributed by atoms with Crippen molar-refractivity contribution in [3.63, 3.8) is 0 Å². The molecule has 2 aliphatic rings. The van der Waals surface area contributed by atoms with E-state index in [0.717, 1.165) is 14.0 Å². The minimum absolute atomic E-state index is 0.0373. The molecule has 4 amide bonds. The Morgan fingerprint density at radius 2 is 1.81 bits per heavy atom. The van der Waals surface area contributed by atoms with E-state index in [0.29, 0.717) is 28.6 Å². The van der Waals surface area contributed by atoms with Gasteiger partial charge in [0.1, 0.15) is 12.2 Å². The molecule has 0 atom stereocenters. The van der Waals surface area contributed by atoms with Gasteiger partial charge in [-0.2, -0.15) is 0 Å². The molecule has 0 saturated carbocycles. The highest BCUT2D eigenvalue weighted by atomic mass is 127. The number of hydrogen-bond acceptors (Lipinski definition) is 7. The Bertz CT molecular complexity index is 1460. The molecule has 3 aromatic carbocycles. The van der Waals surface area contributed by atoms with Crippen molar-refractivity contribution in [3.05, 3.63) is 79.9 Å². The number of carbonyl (C=O) groups is 3. The molecule has 2 heterocycles. The summed E-state index contributed by atoms with van der Waals surface area (Å²) in [5, 5.41) is 2.42. The van der Waals surface area contributed by atoms with E-state index in [9.17, 15) is 14.4 Å². The lowest BCUT2D eigenvalue weighted by Gasteiger charge is -2.26. The number of amides is 4. The van der Waals surface area contributed by atoms with Crippen LogP contribution in [0.25, 0.3) is 6.08 Å². The summed E-state index contributed by atoms with van der Waals surface area (Å²) in [6.45, 7) is 0.302. The zero-order valence-corrected chi connectivity index (χ0v) is 22.2. The van der Waals surface area contributed by atoms with Gasteiger partial charge in [0.15, 0.2) is 23.0 Å². The zero-order chi connectivity index (χ0) is 26.1. The lowest BCUT2D eigenvalue weighted by Crippen LogP contribution is -2.54. The normalized spacial score (nSPS) is 15.7. The van der Waals surface area contributed by atoms with E-state index in [2.05, 4.69) is 27.9 Å². The van der Waals surface area contributed by atoms with E-state index in [-0.39, 0.29) is 29.7 Å². The first-order chi connectivity index (χ1) is 17.8. The first kappa shape index (κ1) is 24.9. The van der Waals surface area contributed by atoms with Crippen molar-refractivity contribution in [2.75, 3.05) is 18.8 Å². The molecule has 37 heavy (non-hydrogen) atoms. The van der Waals surface area contributed by atoms with E-state index < -0.39 is 17.8 Å². The molecule has 9 nitrogen and oxygen atoms in total. The van der Waals surface area contributed by atoms with Crippen molar-refractivity contribution in [1.29, 1.82) is 0 Å². The second-order valence-corrected chi connectivity index (χ2v) is 9.60. The van der Waals surface area contributed by atoms with Crippen molar-refractivity contribution in [3.8, 4) is 23.0 Å². The molecule has 0 bridgehead atoms. The second kappa shape index (κ2) is 10.3. The quantitative estimate of drug-likeness (QED) is 0.234. The van der Waals surface area contributed by atoms with Gasteiger partial charge >= 0.3 is 6.03 Å². The highest BCUT2D eigenvalue weighted by Gasteiger charge is 2.37. The maximum atomic E-state index is 13.3. The molecular formula is C26H18ClIN2O7. The predicted molar refractivity (Wildman–Crippen MR) is 143 cm³/mol. The van der Waals surface area contributed by atoms with E-state index in [4.69, 9.17) is 30.5 Å². The summed E-state index contributed by atoms with van der Waals surface area (Å²) in [6, 6.07) is 14.7. The van der Waals surface area contributed by atoms with Gasteiger partial charge in [-0.3, -0.25) is 14.9 Å². The van der Waals surface area contributed by atoms with E-state index in [1.54, 1.807) is 18.2 Å². The van der Waals surface area contributed by atoms with Crippen LogP contribution < -0.4 is 29.2 Å². The fraction of sp³-hybridized carbons (Fsp3) is 0.115. The number of carbonyl (C=O) groups excluding carboxylic acids is 3. The maximum absolute atomic E-state index is 13.3. The fourth-order valence-electron chi connectivity index (χ4n) is 3.78. The number of nitrogens with one attached hydrogen (secondary N) is 1. The van der Waals surface area contributed by atoms with Gasteiger partial charge in [0.25, 0.3) is 11.8 Å². The van der Waals surface area contributed by atoms with Crippen LogP contribution in [0.3, 0.4) is 0 Å². The summed E-state index contributed by atoms with van der Waals surface area (Å²) < 4.78 is 23.1. The van der Waals surface area contributed by atoms with Crippen LogP contribution in [0.5, 0.6) is 23.0 Å². The molecule has 0 unspecified atom stereocenters. The smallest absolute Gasteiger partial charge is 0.335 e. The molecule has 5 rings (SSSR count). The molecular weight excluding hydrogens is 615 g/mol. The van der Waals surface area contributed by atoms with Crippen LogP contribution >= 0.6 is 34.2 Å². The van der Waals surface area contributed by atoms with Crippen LogP contribution in [0.1, 0.15) is 11.1 Å². The Hall–Kier alpha value is -3.77. The third-order valence-corrected chi connectivity index (χ3v) is 6.58. The fourth-order valence-corrected chi connectivity index (χ4v) is 4.42. The van der Waals surface area contributed by atoms with Gasteiger partial charge in [0.2, 0.25) is 6.79 Å². The summed E-state index contributed by atoms with van der Waals surface area (Å²) in [4.78, 5) is 39.2. The second-order valence-electron chi connectivity index (χ2n) is 7.94. The number of halogens is 2. The Balaban J connectivity index is 1.43. The minimum atomic E-state index is -0.874. The Morgan fingerprint density at radius 1 is 1.05 bits per heavy atom. The van der Waals surface area contributed by atoms with Crippen LogP contribution in [0.2, 0.25) is 5.02 Å². The highest BCUT2D eigenvalue weighted by molar-refractivity contribution is 14.1. The number of barbiturate groups is 1. The third kappa shape index (κ3) is 5.07. The van der Waals surface area contributed by atoms with Gasteiger partial charge < -0.3 is 18.9 Å². The van der Waals surface area contributed by atoms with Crippen LogP contribution in [-0.4, -0.2) is 31.7 Å². The SMILES string of the molecule is COc1cc(/C=C2\C(=O)NC(=O)N(c3ccc4c(c3)OCO4)C2=O)cc(Cl)c1OCc1ccc(I)cc1. The van der Waals surface area contributed by atoms with Crippen LogP contribution in [0, 0.1) is 3.57 Å². The molecule has 3 aromatic rings. The van der Waals surface area contributed by atoms with Crippen LogP contribution in [-0.2, 0) is 16.2 Å². The third-order valence-electron chi connectivity index (χ3n) is 5.58. The summed E-state index contributed by atoms with van der Waals surface area (Å²) in [7, 11) is 1.46. The number of nitrogens with zero attached hydrogens (tertiary/aromatic N) is 1. The molecule has 0 radical (unpaired) electrons. The number of hydrogen-bond donors (Lipinski definition) is 1. The number of ether oxygens (including phenoxy) is 4. The number of rotatable bonds is 6. The topological polar surface area (TPSA) is 103 Å². The molecule has 1 saturated heterocycles. The number of benzene rings is 3. The van der Waals surface area contributed by atoms with Crippen LogP contribution in [0.4, 0.5) is 10.5 Å². The van der Waals surface area contributed by atoms with Crippen molar-refractivity contribution in [2.24, 2.45) is 0 Å². The lowest BCUT2D eigenvalue weighted by atomic mass is 10.1. The highest BCUT2D eigenvalue weighted by Crippen LogP contribution is 2.39. The van der Waals surface area contributed by atoms with Gasteiger partial charge in [-0.1, -0.05) is 23.7 Å². The molecule has 188 valence electrons. The molecule has 11 heteroatoms. The number of anilines is 1. The van der Waals surface area contributed by atoms with Crippen molar-refractivity contribution < 1.29 is 33.3 Å². The summed E-state index contributed by atoms with van der Waals surface area (Å²) in [6.07, 6.45) is 1.33. The predicted octanol–water partition coefficient (Wildman–Crippen LogP) is 4.93. The first-order valence-corrected chi connectivity index (χ1v) is 12.4. The van der Waals surface area contributed by atoms with Gasteiger partial charge in [0.05, 0.1) is 17.8 Å². The summed E-state index contributed by atoms with van der Waals surface area (Å²) in [5.41, 5.74) is 1.31. The molecule has 2 aliphatic heterocycles. The number of fused-ring (bicyclic) bond motifs is 1. The average molecular weight is 633 g/mol. The number of methoxy groups -OCH3 is 1. The van der Waals surface area contributed by atoms with E-state index in [1.807, 2.05) is 24.3 Å². The first-order valence-electron chi connectivity index (χ1n) is 10.9. The Morgan fingerprint density at radius 3 is 2.57 bits per heavy atom. The number of urea groups is 1. The van der Waals surface area contributed by atoms with Crippen molar-refractivity contribution >= 4 is 63.8 Å². The standard InChI is InChI=1S/C26H18ClIN2O7/c1-34-22-10-15(9-19(27)23(22)35-12-14-2-4-16(28)5-3-14)8-18-24(31)29-26(33)30(25(18)32)17-6-7-20-21(11-17)37-13-36-20/h2-11H,12-13H2,1H3,(H,29,31,33)/b18-8+. The Kier molecular flexibility index (Phi) is 6.94. The lowest BCUT2D eigenvalue weighted by molar-refractivity contribution is -0.122. The van der Waals surface area contributed by atoms with Crippen molar-refractivity contribution in [1.82, 2.24) is 5.32 Å². The maximum Gasteiger partial charge on any atom is 0.335 e. The van der Waals surface area contributed by atoms with E-state index >= 15 is 0 Å². The van der Waals surface area contributed by atoms with Gasteiger partial charge in [-0.05, 0) is 76.2 Å². The minimum Gasteiger partial charge on any atom is -0.493 e. The molecule has 1 N–H and O–H groups in total. The molecule has 0 aliphatic carbocycles.